The van der Waals surface area contributed by atoms with Crippen LogP contribution in [0.5, 0.6) is 11.5 Å². The number of phenolic OH excluding ortho intramolecular Hbond substituents is 1. The van der Waals surface area contributed by atoms with Gasteiger partial charge in [0, 0.05) is 24.2 Å². The number of nitrogens with zero attached hydrogens (tertiary/aromatic N) is 3. The largest absolute Gasteiger partial charge is 0.504 e. The normalized spacial score (nSPS) is 10.6. The Morgan fingerprint density at radius 3 is 2.95 bits per heavy atom. The Hall–Kier alpha value is -2.76. The summed E-state index contributed by atoms with van der Waals surface area (Å²) in [4.78, 5) is 23.0. The maximum absolute atomic E-state index is 11.7. The summed E-state index contributed by atoms with van der Waals surface area (Å²) in [5, 5.41) is 9.82. The van der Waals surface area contributed by atoms with Gasteiger partial charge >= 0.3 is 0 Å². The van der Waals surface area contributed by atoms with Gasteiger partial charge in [-0.25, -0.2) is 9.98 Å². The van der Waals surface area contributed by atoms with E-state index < -0.39 is 5.91 Å². The molecule has 6 heteroatoms. The molecule has 1 aromatic carbocycles. The maximum Gasteiger partial charge on any atom is 0.297 e. The second-order valence-corrected chi connectivity index (χ2v) is 3.55. The molecule has 0 atom stereocenters. The zero-order chi connectivity index (χ0) is 13.7. The molecule has 0 saturated heterocycles. The average Bonchev–Trinajstić information content (AvgIpc) is 2.47. The highest BCUT2D eigenvalue weighted by Crippen LogP contribution is 2.27. The van der Waals surface area contributed by atoms with Crippen molar-refractivity contribution >= 4 is 12.1 Å². The third-order valence-corrected chi connectivity index (χ3v) is 2.35. The lowest BCUT2D eigenvalue weighted by Crippen LogP contribution is -1.99. The van der Waals surface area contributed by atoms with Crippen molar-refractivity contribution in [3.63, 3.8) is 0 Å². The van der Waals surface area contributed by atoms with Gasteiger partial charge in [0.1, 0.15) is 5.69 Å². The van der Waals surface area contributed by atoms with Crippen LogP contribution in [0, 0.1) is 0 Å². The molecular formula is C13H11N3O3. The Balaban J connectivity index is 2.22. The first-order valence-electron chi connectivity index (χ1n) is 5.42. The topological polar surface area (TPSA) is 84.7 Å². The number of carbonyl (C=O) groups excluding carboxylic acids is 1. The zero-order valence-corrected chi connectivity index (χ0v) is 10.1. The van der Waals surface area contributed by atoms with Crippen molar-refractivity contribution in [1.29, 1.82) is 0 Å². The number of methoxy groups -OCH3 is 1. The summed E-state index contributed by atoms with van der Waals surface area (Å²) in [6.07, 6.45) is 5.46. The van der Waals surface area contributed by atoms with Crippen molar-refractivity contribution in [1.82, 2.24) is 9.97 Å². The molecule has 1 heterocycles. The second-order valence-electron chi connectivity index (χ2n) is 3.55. The van der Waals surface area contributed by atoms with E-state index in [-0.39, 0.29) is 11.4 Å². The van der Waals surface area contributed by atoms with Crippen molar-refractivity contribution in [2.24, 2.45) is 4.99 Å². The van der Waals surface area contributed by atoms with Crippen molar-refractivity contribution in [3.8, 4) is 11.5 Å². The fraction of sp³-hybridized carbons (Fsp3) is 0.0769. The average molecular weight is 257 g/mol. The van der Waals surface area contributed by atoms with Gasteiger partial charge in [0.25, 0.3) is 5.91 Å². The fourth-order valence-corrected chi connectivity index (χ4v) is 1.41. The fourth-order valence-electron chi connectivity index (χ4n) is 1.41. The second kappa shape index (κ2) is 5.72. The summed E-state index contributed by atoms with van der Waals surface area (Å²) in [5.41, 5.74) is 0.526. The number of hydrogen-bond donors (Lipinski definition) is 1. The van der Waals surface area contributed by atoms with Crippen LogP contribution in [0.2, 0.25) is 0 Å². The van der Waals surface area contributed by atoms with E-state index >= 15 is 0 Å². The predicted octanol–water partition coefficient (Wildman–Crippen LogP) is 1.45. The highest BCUT2D eigenvalue weighted by Gasteiger charge is 2.07. The molecule has 0 bridgehead atoms. The zero-order valence-electron chi connectivity index (χ0n) is 10.1. The van der Waals surface area contributed by atoms with Crippen molar-refractivity contribution < 1.29 is 14.6 Å². The van der Waals surface area contributed by atoms with Gasteiger partial charge in [-0.3, -0.25) is 9.78 Å². The molecular weight excluding hydrogens is 246 g/mol. The van der Waals surface area contributed by atoms with Crippen LogP contribution in [0.4, 0.5) is 0 Å². The minimum Gasteiger partial charge on any atom is -0.504 e. The lowest BCUT2D eigenvalue weighted by atomic mass is 10.2. The number of amides is 1. The van der Waals surface area contributed by atoms with E-state index in [1.165, 1.54) is 31.9 Å². The van der Waals surface area contributed by atoms with E-state index in [0.29, 0.717) is 11.3 Å². The first kappa shape index (κ1) is 12.7. The molecule has 0 aliphatic rings. The van der Waals surface area contributed by atoms with Gasteiger partial charge in [-0.2, -0.15) is 0 Å². The number of aromatic nitrogens is 2. The number of aromatic hydroxyl groups is 1. The number of aliphatic imine (C=N–C) groups is 1. The molecule has 0 saturated carbocycles. The van der Waals surface area contributed by atoms with E-state index in [4.69, 9.17) is 4.74 Å². The lowest BCUT2D eigenvalue weighted by Gasteiger charge is -2.04. The third-order valence-electron chi connectivity index (χ3n) is 2.35. The van der Waals surface area contributed by atoms with Gasteiger partial charge in [0.2, 0.25) is 0 Å². The van der Waals surface area contributed by atoms with Crippen LogP contribution in [0.1, 0.15) is 16.1 Å². The highest BCUT2D eigenvalue weighted by atomic mass is 16.5. The minimum absolute atomic E-state index is 0.0688. The summed E-state index contributed by atoms with van der Waals surface area (Å²) in [6, 6.07) is 4.91. The van der Waals surface area contributed by atoms with Crippen molar-refractivity contribution in [3.05, 3.63) is 48.0 Å². The van der Waals surface area contributed by atoms with Gasteiger partial charge in [-0.05, 0) is 12.1 Å². The Labute approximate surface area is 109 Å². The number of rotatable bonds is 3. The van der Waals surface area contributed by atoms with E-state index in [1.54, 1.807) is 18.2 Å². The van der Waals surface area contributed by atoms with Crippen molar-refractivity contribution in [2.75, 3.05) is 7.11 Å². The summed E-state index contributed by atoms with van der Waals surface area (Å²) in [5.74, 6) is -0.285. The molecule has 0 radical (unpaired) electrons. The number of hydrogen-bond acceptors (Lipinski definition) is 5. The van der Waals surface area contributed by atoms with E-state index in [1.807, 2.05) is 0 Å². The molecule has 19 heavy (non-hydrogen) atoms. The molecule has 1 aromatic heterocycles. The van der Waals surface area contributed by atoms with Gasteiger partial charge < -0.3 is 9.84 Å². The smallest absolute Gasteiger partial charge is 0.297 e. The highest BCUT2D eigenvalue weighted by molar-refractivity contribution is 6.01. The summed E-state index contributed by atoms with van der Waals surface area (Å²) < 4.78 is 4.96. The van der Waals surface area contributed by atoms with Gasteiger partial charge in [-0.1, -0.05) is 6.07 Å². The van der Waals surface area contributed by atoms with Crippen LogP contribution in [0.3, 0.4) is 0 Å². The predicted molar refractivity (Wildman–Crippen MR) is 68.6 cm³/mol. The molecule has 0 aliphatic carbocycles. The van der Waals surface area contributed by atoms with E-state index in [2.05, 4.69) is 15.0 Å². The SMILES string of the molecule is COc1cccc(C=NC(=O)c2cnccn2)c1O. The first-order chi connectivity index (χ1) is 9.22. The van der Waals surface area contributed by atoms with Crippen LogP contribution in [0.15, 0.2) is 41.8 Å². The molecule has 1 amide bonds. The van der Waals surface area contributed by atoms with Crippen LogP contribution in [-0.4, -0.2) is 34.3 Å². The van der Waals surface area contributed by atoms with Crippen molar-refractivity contribution in [2.45, 2.75) is 0 Å². The number of benzene rings is 1. The number of ether oxygens (including phenoxy) is 1. The van der Waals surface area contributed by atoms with Gasteiger partial charge in [0.05, 0.1) is 13.3 Å². The van der Waals surface area contributed by atoms with E-state index in [0.717, 1.165) is 0 Å². The summed E-state index contributed by atoms with van der Waals surface area (Å²) in [6.45, 7) is 0. The maximum atomic E-state index is 11.7. The molecule has 96 valence electrons. The minimum atomic E-state index is -0.532. The Morgan fingerprint density at radius 1 is 1.42 bits per heavy atom. The quantitative estimate of drug-likeness (QED) is 0.841. The van der Waals surface area contributed by atoms with E-state index in [9.17, 15) is 9.90 Å². The number of para-hydroxylation sites is 1. The molecule has 0 unspecified atom stereocenters. The van der Waals surface area contributed by atoms with Crippen LogP contribution in [0.25, 0.3) is 0 Å². The van der Waals surface area contributed by atoms with Crippen LogP contribution < -0.4 is 4.74 Å². The molecule has 0 spiro atoms. The molecule has 1 N–H and O–H groups in total. The Morgan fingerprint density at radius 2 is 2.26 bits per heavy atom. The van der Waals surface area contributed by atoms with Crippen LogP contribution in [-0.2, 0) is 0 Å². The first-order valence-corrected chi connectivity index (χ1v) is 5.42. The number of phenols is 1. The van der Waals surface area contributed by atoms with Crippen LogP contribution >= 0.6 is 0 Å². The molecule has 2 aromatic rings. The Kier molecular flexibility index (Phi) is 3.82. The standard InChI is InChI=1S/C13H11N3O3/c1-19-11-4-2-3-9(12(11)17)7-16-13(18)10-8-14-5-6-15-10/h2-8,17H,1H3. The molecule has 6 nitrogen and oxygen atoms in total. The Bertz CT molecular complexity index is 612. The van der Waals surface area contributed by atoms with Gasteiger partial charge in [0.15, 0.2) is 11.5 Å². The lowest BCUT2D eigenvalue weighted by molar-refractivity contribution is 0.0998. The summed E-state index contributed by atoms with van der Waals surface area (Å²) in [7, 11) is 1.45. The summed E-state index contributed by atoms with van der Waals surface area (Å²) >= 11 is 0. The molecule has 0 fully saturated rings. The molecule has 0 aliphatic heterocycles. The third kappa shape index (κ3) is 2.92. The monoisotopic (exact) mass is 257 g/mol. The van der Waals surface area contributed by atoms with Gasteiger partial charge in [-0.15, -0.1) is 0 Å². The number of carbonyl (C=O) groups is 1. The molecule has 2 rings (SSSR count).